The van der Waals surface area contributed by atoms with Gasteiger partial charge in [-0.25, -0.2) is 0 Å². The summed E-state index contributed by atoms with van der Waals surface area (Å²) in [6, 6.07) is 3.59. The molecule has 1 aromatic heterocycles. The minimum atomic E-state index is 0.506. The second-order valence-corrected chi connectivity index (χ2v) is 3.00. The Morgan fingerprint density at radius 1 is 1.83 bits per heavy atom. The van der Waals surface area contributed by atoms with Crippen molar-refractivity contribution in [2.24, 2.45) is 0 Å². The lowest BCUT2D eigenvalue weighted by atomic mass is 10.3. The van der Waals surface area contributed by atoms with E-state index in [1.165, 1.54) is 0 Å². The second-order valence-electron chi connectivity index (χ2n) is 2.25. The number of nitrogens with zero attached hydrogens (tertiary/aromatic N) is 2. The number of aromatic nitrogens is 1. The molecule has 0 atom stereocenters. The molecule has 0 saturated heterocycles. The van der Waals surface area contributed by atoms with Crippen LogP contribution in [-0.4, -0.2) is 10.9 Å². The standard InChI is InChI=1S/C8H7BrN2O/c1-2-11-7(4-10)3-6(5-12)8(11)9/h3,5H,2H2,1H3. The first-order valence-corrected chi connectivity index (χ1v) is 4.28. The van der Waals surface area contributed by atoms with Crippen molar-refractivity contribution < 1.29 is 4.79 Å². The van der Waals surface area contributed by atoms with Gasteiger partial charge in [0.1, 0.15) is 11.8 Å². The zero-order valence-corrected chi connectivity index (χ0v) is 8.13. The first-order valence-electron chi connectivity index (χ1n) is 3.48. The Morgan fingerprint density at radius 3 is 2.83 bits per heavy atom. The van der Waals surface area contributed by atoms with Crippen LogP contribution in [0.25, 0.3) is 0 Å². The molecule has 1 rings (SSSR count). The van der Waals surface area contributed by atoms with Gasteiger partial charge in [0.15, 0.2) is 6.29 Å². The maximum atomic E-state index is 10.5. The number of hydrogen-bond acceptors (Lipinski definition) is 2. The Labute approximate surface area is 78.7 Å². The van der Waals surface area contributed by atoms with Crippen LogP contribution in [0.15, 0.2) is 10.7 Å². The summed E-state index contributed by atoms with van der Waals surface area (Å²) in [5, 5.41) is 8.68. The first kappa shape index (κ1) is 9.01. The second kappa shape index (κ2) is 3.55. The van der Waals surface area contributed by atoms with Crippen molar-refractivity contribution in [2.45, 2.75) is 13.5 Å². The van der Waals surface area contributed by atoms with E-state index in [-0.39, 0.29) is 0 Å². The van der Waals surface area contributed by atoms with Crippen LogP contribution in [0.4, 0.5) is 0 Å². The summed E-state index contributed by atoms with van der Waals surface area (Å²) in [7, 11) is 0. The number of aldehydes is 1. The van der Waals surface area contributed by atoms with Crippen molar-refractivity contribution in [2.75, 3.05) is 0 Å². The van der Waals surface area contributed by atoms with Gasteiger partial charge in [0.25, 0.3) is 0 Å². The topological polar surface area (TPSA) is 45.8 Å². The highest BCUT2D eigenvalue weighted by Gasteiger charge is 2.09. The van der Waals surface area contributed by atoms with Gasteiger partial charge in [-0.3, -0.25) is 4.79 Å². The van der Waals surface area contributed by atoms with Gasteiger partial charge < -0.3 is 4.57 Å². The van der Waals surface area contributed by atoms with Gasteiger partial charge in [-0.15, -0.1) is 0 Å². The molecular weight excluding hydrogens is 220 g/mol. The van der Waals surface area contributed by atoms with Gasteiger partial charge >= 0.3 is 0 Å². The van der Waals surface area contributed by atoms with Crippen LogP contribution in [0.5, 0.6) is 0 Å². The van der Waals surface area contributed by atoms with Crippen LogP contribution in [0.3, 0.4) is 0 Å². The zero-order chi connectivity index (χ0) is 9.14. The Balaban J connectivity index is 3.34. The molecule has 0 fully saturated rings. The molecule has 0 amide bonds. The smallest absolute Gasteiger partial charge is 0.152 e. The van der Waals surface area contributed by atoms with E-state index in [0.717, 1.165) is 6.29 Å². The molecule has 0 N–H and O–H groups in total. The van der Waals surface area contributed by atoms with E-state index in [1.54, 1.807) is 10.6 Å². The monoisotopic (exact) mass is 226 g/mol. The summed E-state index contributed by atoms with van der Waals surface area (Å²) in [5.74, 6) is 0. The van der Waals surface area contributed by atoms with E-state index >= 15 is 0 Å². The average Bonchev–Trinajstić information content (AvgIpc) is 2.41. The molecule has 1 aromatic rings. The SMILES string of the molecule is CCn1c(C#N)cc(C=O)c1Br. The van der Waals surface area contributed by atoms with Crippen molar-refractivity contribution >= 4 is 22.2 Å². The van der Waals surface area contributed by atoms with Crippen LogP contribution in [0.2, 0.25) is 0 Å². The summed E-state index contributed by atoms with van der Waals surface area (Å²) in [4.78, 5) is 10.5. The average molecular weight is 227 g/mol. The van der Waals surface area contributed by atoms with E-state index in [4.69, 9.17) is 5.26 Å². The van der Waals surface area contributed by atoms with Crippen LogP contribution in [0, 0.1) is 11.3 Å². The molecule has 62 valence electrons. The van der Waals surface area contributed by atoms with E-state index in [9.17, 15) is 4.79 Å². The highest BCUT2D eigenvalue weighted by Crippen LogP contribution is 2.19. The number of carbonyl (C=O) groups excluding carboxylic acids is 1. The largest absolute Gasteiger partial charge is 0.327 e. The molecule has 0 aliphatic heterocycles. The maximum absolute atomic E-state index is 10.5. The fraction of sp³-hybridized carbons (Fsp3) is 0.250. The van der Waals surface area contributed by atoms with Crippen molar-refractivity contribution in [1.82, 2.24) is 4.57 Å². The minimum Gasteiger partial charge on any atom is -0.327 e. The molecular formula is C8H7BrN2O. The Morgan fingerprint density at radius 2 is 2.50 bits per heavy atom. The molecule has 0 saturated carbocycles. The predicted molar refractivity (Wildman–Crippen MR) is 47.9 cm³/mol. The van der Waals surface area contributed by atoms with Crippen LogP contribution >= 0.6 is 15.9 Å². The number of nitriles is 1. The molecule has 3 nitrogen and oxygen atoms in total. The molecule has 12 heavy (non-hydrogen) atoms. The third-order valence-electron chi connectivity index (χ3n) is 1.62. The molecule has 0 aliphatic carbocycles. The fourth-order valence-electron chi connectivity index (χ4n) is 1.03. The summed E-state index contributed by atoms with van der Waals surface area (Å²) in [5.41, 5.74) is 1.03. The summed E-state index contributed by atoms with van der Waals surface area (Å²) >= 11 is 3.24. The van der Waals surface area contributed by atoms with Crippen LogP contribution in [0.1, 0.15) is 23.0 Å². The number of halogens is 1. The van der Waals surface area contributed by atoms with Crippen molar-refractivity contribution in [1.29, 1.82) is 5.26 Å². The van der Waals surface area contributed by atoms with Crippen molar-refractivity contribution in [3.05, 3.63) is 21.9 Å². The Bertz CT molecular complexity index is 349. The molecule has 0 unspecified atom stereocenters. The molecule has 0 aliphatic rings. The lowest BCUT2D eigenvalue weighted by Gasteiger charge is -2.00. The minimum absolute atomic E-state index is 0.506. The third kappa shape index (κ3) is 1.28. The quantitative estimate of drug-likeness (QED) is 0.725. The van der Waals surface area contributed by atoms with Gasteiger partial charge in [0.2, 0.25) is 0 Å². The number of hydrogen-bond donors (Lipinski definition) is 0. The third-order valence-corrected chi connectivity index (χ3v) is 2.50. The molecule has 4 heteroatoms. The van der Waals surface area contributed by atoms with E-state index in [1.807, 2.05) is 13.0 Å². The van der Waals surface area contributed by atoms with Crippen molar-refractivity contribution in [3.8, 4) is 6.07 Å². The van der Waals surface area contributed by atoms with E-state index < -0.39 is 0 Å². The van der Waals surface area contributed by atoms with E-state index in [2.05, 4.69) is 15.9 Å². The van der Waals surface area contributed by atoms with Crippen LogP contribution in [-0.2, 0) is 6.54 Å². The number of rotatable bonds is 2. The fourth-order valence-corrected chi connectivity index (χ4v) is 1.68. The number of carbonyl (C=O) groups is 1. The highest BCUT2D eigenvalue weighted by atomic mass is 79.9. The highest BCUT2D eigenvalue weighted by molar-refractivity contribution is 9.10. The van der Waals surface area contributed by atoms with E-state index in [0.29, 0.717) is 22.4 Å². The maximum Gasteiger partial charge on any atom is 0.152 e. The molecule has 1 heterocycles. The summed E-state index contributed by atoms with van der Waals surface area (Å²) in [6.07, 6.45) is 0.733. The molecule has 0 spiro atoms. The summed E-state index contributed by atoms with van der Waals surface area (Å²) < 4.78 is 2.42. The first-order chi connectivity index (χ1) is 5.74. The van der Waals surface area contributed by atoms with Gasteiger partial charge in [-0.05, 0) is 28.9 Å². The predicted octanol–water partition coefficient (Wildman–Crippen LogP) is 1.95. The zero-order valence-electron chi connectivity index (χ0n) is 6.54. The van der Waals surface area contributed by atoms with Crippen molar-refractivity contribution in [3.63, 3.8) is 0 Å². The molecule has 0 radical (unpaired) electrons. The van der Waals surface area contributed by atoms with Gasteiger partial charge in [-0.2, -0.15) is 5.26 Å². The Kier molecular flexibility index (Phi) is 2.66. The lowest BCUT2D eigenvalue weighted by Crippen LogP contribution is -1.97. The molecule has 0 aromatic carbocycles. The summed E-state index contributed by atoms with van der Waals surface area (Å²) in [6.45, 7) is 2.59. The Hall–Kier alpha value is -1.08. The van der Waals surface area contributed by atoms with Gasteiger partial charge in [-0.1, -0.05) is 0 Å². The van der Waals surface area contributed by atoms with Gasteiger partial charge in [0.05, 0.1) is 4.60 Å². The normalized spacial score (nSPS) is 9.42. The van der Waals surface area contributed by atoms with Gasteiger partial charge in [0, 0.05) is 12.1 Å². The molecule has 0 bridgehead atoms. The lowest BCUT2D eigenvalue weighted by molar-refractivity contribution is 0.112. The van der Waals surface area contributed by atoms with Crippen LogP contribution < -0.4 is 0 Å².